The third kappa shape index (κ3) is 7.00. The van der Waals surface area contributed by atoms with Crippen molar-refractivity contribution >= 4 is 46.1 Å². The second kappa shape index (κ2) is 11.9. The maximum absolute atomic E-state index is 13.1. The van der Waals surface area contributed by atoms with Crippen LogP contribution < -0.4 is 5.32 Å². The quantitative estimate of drug-likeness (QED) is 0.291. The van der Waals surface area contributed by atoms with Gasteiger partial charge in [0.25, 0.3) is 0 Å². The number of aromatic nitrogens is 1. The van der Waals surface area contributed by atoms with Gasteiger partial charge < -0.3 is 15.2 Å². The summed E-state index contributed by atoms with van der Waals surface area (Å²) in [7, 11) is 0. The molecule has 2 aliphatic rings. The van der Waals surface area contributed by atoms with E-state index in [4.69, 9.17) is 23.2 Å². The van der Waals surface area contributed by atoms with E-state index in [-0.39, 0.29) is 11.9 Å². The van der Waals surface area contributed by atoms with Gasteiger partial charge in [0.05, 0.1) is 15.6 Å². The van der Waals surface area contributed by atoms with Crippen molar-refractivity contribution in [3.8, 4) is 0 Å². The maximum atomic E-state index is 13.1. The van der Waals surface area contributed by atoms with Gasteiger partial charge in [-0.1, -0.05) is 35.3 Å². The van der Waals surface area contributed by atoms with Gasteiger partial charge in [0.2, 0.25) is 5.91 Å². The summed E-state index contributed by atoms with van der Waals surface area (Å²) < 4.78 is 39.2. The van der Waals surface area contributed by atoms with Crippen LogP contribution in [0.15, 0.2) is 48.7 Å². The highest BCUT2D eigenvalue weighted by Crippen LogP contribution is 2.37. The first-order valence-corrected chi connectivity index (χ1v) is 14.3. The molecule has 4 nitrogen and oxygen atoms in total. The number of nitrogens with one attached hydrogen (secondary N) is 2. The van der Waals surface area contributed by atoms with Gasteiger partial charge in [0, 0.05) is 35.8 Å². The number of nitrogens with zero attached hydrogens (tertiary/aromatic N) is 1. The topological polar surface area (TPSA) is 48.1 Å². The SMILES string of the molecule is O=C(/C=C/c1ccc(Cl)c(Cl)c1)NC1CCC(CN2CCC(c3c[nH]c4cc(C(F)(F)F)ccc34)CC2)CC1. The number of hydrogen-bond acceptors (Lipinski definition) is 2. The van der Waals surface area contributed by atoms with E-state index in [1.165, 1.54) is 12.1 Å². The molecular weight excluding hydrogens is 546 g/mol. The number of halogens is 5. The van der Waals surface area contributed by atoms with E-state index in [1.807, 2.05) is 12.3 Å². The van der Waals surface area contributed by atoms with Gasteiger partial charge in [0.1, 0.15) is 0 Å². The van der Waals surface area contributed by atoms with E-state index in [0.717, 1.165) is 74.7 Å². The molecule has 0 radical (unpaired) electrons. The van der Waals surface area contributed by atoms with E-state index >= 15 is 0 Å². The van der Waals surface area contributed by atoms with Crippen LogP contribution in [0.1, 0.15) is 61.1 Å². The number of likely N-dealkylation sites (tertiary alicyclic amines) is 1. The number of hydrogen-bond donors (Lipinski definition) is 2. The van der Waals surface area contributed by atoms with E-state index < -0.39 is 11.7 Å². The lowest BCUT2D eigenvalue weighted by Crippen LogP contribution is -2.41. The molecule has 1 aliphatic heterocycles. The van der Waals surface area contributed by atoms with Crippen molar-refractivity contribution in [2.75, 3.05) is 19.6 Å². The highest BCUT2D eigenvalue weighted by atomic mass is 35.5. The van der Waals surface area contributed by atoms with Gasteiger partial charge in [-0.15, -0.1) is 0 Å². The number of aromatic amines is 1. The van der Waals surface area contributed by atoms with Crippen molar-refractivity contribution in [3.63, 3.8) is 0 Å². The zero-order chi connectivity index (χ0) is 27.6. The molecule has 1 amide bonds. The Morgan fingerprint density at radius 3 is 2.44 bits per heavy atom. The number of fused-ring (bicyclic) bond motifs is 1. The van der Waals surface area contributed by atoms with E-state index in [2.05, 4.69) is 15.2 Å². The van der Waals surface area contributed by atoms with Crippen molar-refractivity contribution in [2.45, 2.75) is 56.7 Å². The first-order chi connectivity index (χ1) is 18.7. The first-order valence-electron chi connectivity index (χ1n) is 13.5. The molecule has 39 heavy (non-hydrogen) atoms. The Bertz CT molecular complexity index is 1340. The number of carbonyl (C=O) groups excluding carboxylic acids is 1. The monoisotopic (exact) mass is 577 g/mol. The molecule has 1 saturated heterocycles. The molecule has 0 atom stereocenters. The minimum atomic E-state index is -4.33. The summed E-state index contributed by atoms with van der Waals surface area (Å²) in [6, 6.07) is 9.45. The van der Waals surface area contributed by atoms with Crippen LogP contribution in [0.2, 0.25) is 10.0 Å². The molecule has 2 fully saturated rings. The summed E-state index contributed by atoms with van der Waals surface area (Å²) in [6.07, 6.45) is 6.97. The third-order valence-electron chi connectivity index (χ3n) is 8.15. The molecule has 1 aliphatic carbocycles. The second-order valence-electron chi connectivity index (χ2n) is 10.8. The normalized spacial score (nSPS) is 21.6. The van der Waals surface area contributed by atoms with E-state index in [9.17, 15) is 18.0 Å². The Kier molecular flexibility index (Phi) is 8.60. The number of alkyl halides is 3. The van der Waals surface area contributed by atoms with Crippen LogP contribution in [0.5, 0.6) is 0 Å². The number of carbonyl (C=O) groups is 1. The standard InChI is InChI=1S/C30H32Cl2F3N3O/c31-26-9-3-19(15-27(26)32)4-10-29(39)37-23-6-1-20(2-7-23)18-38-13-11-21(12-14-38)25-17-36-28-16-22(30(33,34)35)5-8-24(25)28/h3-5,8-10,15-17,20-21,23,36H,1-2,6-7,11-14,18H2,(H,37,39)/b10-4+. The lowest BCUT2D eigenvalue weighted by Gasteiger charge is -2.36. The minimum Gasteiger partial charge on any atom is -0.361 e. The highest BCUT2D eigenvalue weighted by molar-refractivity contribution is 6.42. The lowest BCUT2D eigenvalue weighted by molar-refractivity contribution is -0.137. The van der Waals surface area contributed by atoms with Gasteiger partial charge in [-0.3, -0.25) is 4.79 Å². The molecule has 0 bridgehead atoms. The van der Waals surface area contributed by atoms with Gasteiger partial charge in [-0.2, -0.15) is 13.2 Å². The van der Waals surface area contributed by atoms with Crippen LogP contribution in [0.25, 0.3) is 17.0 Å². The zero-order valence-electron chi connectivity index (χ0n) is 21.5. The molecule has 9 heteroatoms. The Labute approximate surface area is 236 Å². The summed E-state index contributed by atoms with van der Waals surface area (Å²) in [5.74, 6) is 0.878. The lowest BCUT2D eigenvalue weighted by atomic mass is 9.84. The number of piperidine rings is 1. The van der Waals surface area contributed by atoms with Gasteiger partial charge in [-0.05, 0) is 105 Å². The number of amides is 1. The van der Waals surface area contributed by atoms with Crippen LogP contribution in [0, 0.1) is 5.92 Å². The molecule has 1 saturated carbocycles. The number of H-pyrrole nitrogens is 1. The molecule has 2 heterocycles. The Morgan fingerprint density at radius 2 is 1.74 bits per heavy atom. The van der Waals surface area contributed by atoms with Crippen molar-refractivity contribution in [1.82, 2.24) is 15.2 Å². The van der Waals surface area contributed by atoms with Crippen molar-refractivity contribution < 1.29 is 18.0 Å². The average Bonchev–Trinajstić information content (AvgIpc) is 3.34. The fourth-order valence-electron chi connectivity index (χ4n) is 5.98. The first kappa shape index (κ1) is 28.1. The van der Waals surface area contributed by atoms with Crippen LogP contribution in [0.3, 0.4) is 0 Å². The highest BCUT2D eigenvalue weighted by Gasteiger charge is 2.31. The molecule has 0 unspecified atom stereocenters. The fourth-order valence-corrected chi connectivity index (χ4v) is 6.29. The van der Waals surface area contributed by atoms with Gasteiger partial charge in [-0.25, -0.2) is 0 Å². The Hall–Kier alpha value is -2.48. The summed E-state index contributed by atoms with van der Waals surface area (Å²) in [5, 5.41) is 4.97. The molecular formula is C30H32Cl2F3N3O. The molecule has 2 aromatic carbocycles. The van der Waals surface area contributed by atoms with Crippen molar-refractivity contribution in [2.24, 2.45) is 5.92 Å². The Balaban J connectivity index is 1.05. The predicted octanol–water partition coefficient (Wildman–Crippen LogP) is 8.06. The maximum Gasteiger partial charge on any atom is 0.416 e. The smallest absolute Gasteiger partial charge is 0.361 e. The molecule has 2 N–H and O–H groups in total. The third-order valence-corrected chi connectivity index (χ3v) is 8.89. The van der Waals surface area contributed by atoms with E-state index in [0.29, 0.717) is 27.4 Å². The van der Waals surface area contributed by atoms with Crippen molar-refractivity contribution in [3.05, 3.63) is 75.4 Å². The summed E-state index contributed by atoms with van der Waals surface area (Å²) >= 11 is 12.0. The summed E-state index contributed by atoms with van der Waals surface area (Å²) in [5.41, 5.74) is 1.89. The van der Waals surface area contributed by atoms with Crippen LogP contribution >= 0.6 is 23.2 Å². The van der Waals surface area contributed by atoms with Gasteiger partial charge >= 0.3 is 6.18 Å². The average molecular weight is 579 g/mol. The van der Waals surface area contributed by atoms with Crippen LogP contribution in [0.4, 0.5) is 13.2 Å². The van der Waals surface area contributed by atoms with Crippen LogP contribution in [-0.4, -0.2) is 41.5 Å². The number of rotatable bonds is 6. The van der Waals surface area contributed by atoms with Crippen molar-refractivity contribution in [1.29, 1.82) is 0 Å². The number of benzene rings is 2. The van der Waals surface area contributed by atoms with Crippen LogP contribution in [-0.2, 0) is 11.0 Å². The predicted molar refractivity (Wildman–Crippen MR) is 151 cm³/mol. The molecule has 0 spiro atoms. The molecule has 1 aromatic heterocycles. The van der Waals surface area contributed by atoms with E-state index in [1.54, 1.807) is 30.4 Å². The summed E-state index contributed by atoms with van der Waals surface area (Å²) in [4.78, 5) is 18.0. The second-order valence-corrected chi connectivity index (χ2v) is 11.6. The summed E-state index contributed by atoms with van der Waals surface area (Å²) in [6.45, 7) is 3.05. The largest absolute Gasteiger partial charge is 0.416 e. The molecule has 208 valence electrons. The molecule has 5 rings (SSSR count). The Morgan fingerprint density at radius 1 is 1.00 bits per heavy atom. The fraction of sp³-hybridized carbons (Fsp3) is 0.433. The molecule has 3 aromatic rings. The van der Waals surface area contributed by atoms with Gasteiger partial charge in [0.15, 0.2) is 0 Å². The zero-order valence-corrected chi connectivity index (χ0v) is 23.0. The minimum absolute atomic E-state index is 0.0986.